The van der Waals surface area contributed by atoms with Crippen LogP contribution < -0.4 is 14.8 Å². The first kappa shape index (κ1) is 19.5. The molecule has 0 aliphatic heterocycles. The van der Waals surface area contributed by atoms with Gasteiger partial charge in [0.25, 0.3) is 0 Å². The zero-order valence-electron chi connectivity index (χ0n) is 13.8. The van der Waals surface area contributed by atoms with Crippen molar-refractivity contribution in [3.63, 3.8) is 0 Å². The Kier molecular flexibility index (Phi) is 6.37. The molecule has 2 rings (SSSR count). The topological polar surface area (TPSA) is 60.5 Å². The Balaban J connectivity index is 2.03. The molecular formula is C17H16F4N2O3. The highest BCUT2D eigenvalue weighted by Crippen LogP contribution is 2.29. The normalized spacial score (nSPS) is 11.1. The van der Waals surface area contributed by atoms with Crippen LogP contribution in [0.3, 0.4) is 0 Å². The fourth-order valence-electron chi connectivity index (χ4n) is 2.05. The summed E-state index contributed by atoms with van der Waals surface area (Å²) in [6.45, 7) is 2.23. The maximum atomic E-state index is 13.8. The highest BCUT2D eigenvalue weighted by molar-refractivity contribution is 5.72. The second-order valence-electron chi connectivity index (χ2n) is 5.25. The molecule has 0 radical (unpaired) electrons. The number of nitrogens with one attached hydrogen (secondary N) is 1. The average Bonchev–Trinajstić information content (AvgIpc) is 2.55. The lowest BCUT2D eigenvalue weighted by atomic mass is 10.1. The number of halogens is 4. The van der Waals surface area contributed by atoms with Crippen molar-refractivity contribution in [3.8, 4) is 22.8 Å². The molecule has 2 aromatic rings. The Morgan fingerprint density at radius 3 is 2.65 bits per heavy atom. The summed E-state index contributed by atoms with van der Waals surface area (Å²) in [5.74, 6) is -1.72. The van der Waals surface area contributed by atoms with Gasteiger partial charge in [-0.05, 0) is 30.7 Å². The van der Waals surface area contributed by atoms with E-state index in [0.717, 1.165) is 12.1 Å². The van der Waals surface area contributed by atoms with E-state index in [1.165, 1.54) is 25.3 Å². The maximum Gasteiger partial charge on any atom is 0.573 e. The number of alkyl halides is 3. The summed E-state index contributed by atoms with van der Waals surface area (Å²) in [4.78, 5) is 14.8. The Morgan fingerprint density at radius 1 is 1.23 bits per heavy atom. The van der Waals surface area contributed by atoms with Crippen LogP contribution in [0.2, 0.25) is 0 Å². The molecule has 1 aromatic heterocycles. The number of pyridine rings is 1. The van der Waals surface area contributed by atoms with Gasteiger partial charge in [-0.2, -0.15) is 0 Å². The lowest BCUT2D eigenvalue weighted by molar-refractivity contribution is -0.275. The van der Waals surface area contributed by atoms with Crippen LogP contribution in [0.4, 0.5) is 17.6 Å². The van der Waals surface area contributed by atoms with Crippen molar-refractivity contribution in [3.05, 3.63) is 42.3 Å². The minimum Gasteiger partial charge on any atom is -0.493 e. The molecule has 1 aromatic carbocycles. The quantitative estimate of drug-likeness (QED) is 0.595. The van der Waals surface area contributed by atoms with E-state index in [1.54, 1.807) is 6.07 Å². The minimum absolute atomic E-state index is 0.129. The van der Waals surface area contributed by atoms with E-state index in [-0.39, 0.29) is 11.5 Å². The maximum absolute atomic E-state index is 13.8. The summed E-state index contributed by atoms with van der Waals surface area (Å²) in [6.07, 6.45) is -2.93. The van der Waals surface area contributed by atoms with Gasteiger partial charge >= 0.3 is 6.36 Å². The number of benzene rings is 1. The van der Waals surface area contributed by atoms with Crippen molar-refractivity contribution in [2.75, 3.05) is 13.2 Å². The number of carbonyl (C=O) groups is 1. The number of hydrogen-bond donors (Lipinski definition) is 1. The lowest BCUT2D eigenvalue weighted by Gasteiger charge is -2.11. The van der Waals surface area contributed by atoms with Crippen LogP contribution in [-0.2, 0) is 4.79 Å². The minimum atomic E-state index is -4.97. The van der Waals surface area contributed by atoms with Gasteiger partial charge in [0, 0.05) is 31.3 Å². The van der Waals surface area contributed by atoms with Gasteiger partial charge in [-0.1, -0.05) is 0 Å². The Labute approximate surface area is 146 Å². The Bertz CT molecular complexity index is 766. The first-order chi connectivity index (χ1) is 12.2. The molecule has 0 saturated carbocycles. The van der Waals surface area contributed by atoms with Gasteiger partial charge < -0.3 is 14.8 Å². The van der Waals surface area contributed by atoms with Crippen molar-refractivity contribution < 1.29 is 31.8 Å². The molecule has 0 aliphatic carbocycles. The summed E-state index contributed by atoms with van der Waals surface area (Å²) in [5.41, 5.74) is 0.613. The zero-order chi connectivity index (χ0) is 19.2. The molecule has 9 heteroatoms. The third kappa shape index (κ3) is 6.23. The molecule has 1 amide bonds. The fraction of sp³-hybridized carbons (Fsp3) is 0.294. The molecule has 0 unspecified atom stereocenters. The van der Waals surface area contributed by atoms with E-state index in [2.05, 4.69) is 15.0 Å². The molecule has 1 heterocycles. The molecule has 0 aliphatic rings. The first-order valence-electron chi connectivity index (χ1n) is 7.63. The summed E-state index contributed by atoms with van der Waals surface area (Å²) in [7, 11) is 0. The zero-order valence-corrected chi connectivity index (χ0v) is 13.8. The predicted molar refractivity (Wildman–Crippen MR) is 85.1 cm³/mol. The predicted octanol–water partition coefficient (Wildman–Crippen LogP) is 3.69. The van der Waals surface area contributed by atoms with E-state index in [9.17, 15) is 22.4 Å². The Morgan fingerprint density at radius 2 is 2.00 bits per heavy atom. The van der Waals surface area contributed by atoms with E-state index >= 15 is 0 Å². The van der Waals surface area contributed by atoms with E-state index in [4.69, 9.17) is 4.74 Å². The second kappa shape index (κ2) is 8.50. The van der Waals surface area contributed by atoms with Crippen LogP contribution in [0, 0.1) is 5.82 Å². The third-order valence-corrected chi connectivity index (χ3v) is 3.15. The molecule has 0 fully saturated rings. The van der Waals surface area contributed by atoms with Gasteiger partial charge in [-0.15, -0.1) is 13.2 Å². The second-order valence-corrected chi connectivity index (χ2v) is 5.25. The van der Waals surface area contributed by atoms with Crippen LogP contribution >= 0.6 is 0 Å². The summed E-state index contributed by atoms with van der Waals surface area (Å²) >= 11 is 0. The molecule has 0 atom stereocenters. The van der Waals surface area contributed by atoms with Crippen molar-refractivity contribution in [2.24, 2.45) is 0 Å². The largest absolute Gasteiger partial charge is 0.573 e. The lowest BCUT2D eigenvalue weighted by Crippen LogP contribution is -2.22. The van der Waals surface area contributed by atoms with Crippen LogP contribution in [0.25, 0.3) is 11.3 Å². The number of aromatic nitrogens is 1. The summed E-state index contributed by atoms with van der Waals surface area (Å²) < 4.78 is 59.4. The third-order valence-electron chi connectivity index (χ3n) is 3.15. The molecule has 26 heavy (non-hydrogen) atoms. The Hall–Kier alpha value is -2.84. The highest BCUT2D eigenvalue weighted by atomic mass is 19.4. The van der Waals surface area contributed by atoms with Crippen molar-refractivity contribution in [1.29, 1.82) is 0 Å². The van der Waals surface area contributed by atoms with Crippen molar-refractivity contribution >= 4 is 5.91 Å². The van der Waals surface area contributed by atoms with Gasteiger partial charge in [0.1, 0.15) is 5.75 Å². The van der Waals surface area contributed by atoms with E-state index in [1.807, 2.05) is 0 Å². The van der Waals surface area contributed by atoms with Gasteiger partial charge in [0.15, 0.2) is 11.6 Å². The fourth-order valence-corrected chi connectivity index (χ4v) is 2.05. The molecule has 1 N–H and O–H groups in total. The number of amides is 1. The van der Waals surface area contributed by atoms with Crippen LogP contribution in [0.1, 0.15) is 13.3 Å². The summed E-state index contributed by atoms with van der Waals surface area (Å²) in [6, 6.07) is 6.20. The van der Waals surface area contributed by atoms with E-state index < -0.39 is 17.9 Å². The number of nitrogens with zero attached hydrogens (tertiary/aromatic N) is 1. The number of hydrogen-bond acceptors (Lipinski definition) is 4. The van der Waals surface area contributed by atoms with Crippen LogP contribution in [0.15, 0.2) is 36.5 Å². The SMILES string of the molecule is CC(=O)NCCCOc1ccnc(-c2ccc(OC(F)(F)F)c(F)c2)c1. The van der Waals surface area contributed by atoms with Crippen LogP contribution in [-0.4, -0.2) is 30.4 Å². The number of carbonyl (C=O) groups excluding carboxylic acids is 1. The van der Waals surface area contributed by atoms with Gasteiger partial charge in [0.2, 0.25) is 5.91 Å². The number of rotatable bonds is 7. The first-order valence-corrected chi connectivity index (χ1v) is 7.63. The molecule has 0 bridgehead atoms. The van der Waals surface area contributed by atoms with Crippen molar-refractivity contribution in [1.82, 2.24) is 10.3 Å². The molecule has 0 saturated heterocycles. The van der Waals surface area contributed by atoms with Crippen molar-refractivity contribution in [2.45, 2.75) is 19.7 Å². The van der Waals surface area contributed by atoms with E-state index in [0.29, 0.717) is 31.0 Å². The van der Waals surface area contributed by atoms with Gasteiger partial charge in [-0.25, -0.2) is 4.39 Å². The van der Waals surface area contributed by atoms with Gasteiger partial charge in [-0.3, -0.25) is 9.78 Å². The summed E-state index contributed by atoms with van der Waals surface area (Å²) in [5, 5.41) is 2.63. The highest BCUT2D eigenvalue weighted by Gasteiger charge is 2.32. The molecule has 0 spiro atoms. The molecule has 5 nitrogen and oxygen atoms in total. The smallest absolute Gasteiger partial charge is 0.493 e. The molecule has 140 valence electrons. The van der Waals surface area contributed by atoms with Gasteiger partial charge in [0.05, 0.1) is 12.3 Å². The molecular weight excluding hydrogens is 356 g/mol. The average molecular weight is 372 g/mol. The number of ether oxygens (including phenoxy) is 2. The van der Waals surface area contributed by atoms with Crippen LogP contribution in [0.5, 0.6) is 11.5 Å². The monoisotopic (exact) mass is 372 g/mol. The standard InChI is InChI=1S/C17H16F4N2O3/c1-11(24)22-6-2-8-25-13-5-7-23-15(10-13)12-3-4-16(14(18)9-12)26-17(19,20)21/h3-5,7,9-10H,2,6,8H2,1H3,(H,22,24).